The van der Waals surface area contributed by atoms with Gasteiger partial charge in [-0.25, -0.2) is 0 Å². The number of aryl methyl sites for hydroxylation is 2. The normalized spacial score (nSPS) is 17.9. The lowest BCUT2D eigenvalue weighted by Gasteiger charge is -2.18. The van der Waals surface area contributed by atoms with E-state index in [2.05, 4.69) is 39.1 Å². The molecule has 1 heterocycles. The summed E-state index contributed by atoms with van der Waals surface area (Å²) in [6.45, 7) is 9.93. The summed E-state index contributed by atoms with van der Waals surface area (Å²) in [4.78, 5) is 0. The molecule has 82 valence electrons. The zero-order valence-corrected chi connectivity index (χ0v) is 11.2. The van der Waals surface area contributed by atoms with E-state index >= 15 is 0 Å². The minimum absolute atomic E-state index is 0.853. The van der Waals surface area contributed by atoms with Crippen molar-refractivity contribution in [3.63, 3.8) is 0 Å². The second-order valence-corrected chi connectivity index (χ2v) is 8.75. The van der Waals surface area contributed by atoms with E-state index in [4.69, 9.17) is 4.43 Å². The highest BCUT2D eigenvalue weighted by Gasteiger charge is 2.36. The largest absolute Gasteiger partial charge is 0.409 e. The number of benzene rings is 1. The molecule has 2 heteroatoms. The van der Waals surface area contributed by atoms with Gasteiger partial charge in [0.2, 0.25) is 8.32 Å². The lowest BCUT2D eigenvalue weighted by Crippen LogP contribution is -2.41. The molecule has 0 saturated heterocycles. The first-order valence-electron chi connectivity index (χ1n) is 5.82. The number of hydrogen-bond donors (Lipinski definition) is 0. The minimum atomic E-state index is -1.57. The first-order chi connectivity index (χ1) is 7.06. The number of hydrogen-bond acceptors (Lipinski definition) is 1. The monoisotopic (exact) mass is 220 g/mol. The summed E-state index contributed by atoms with van der Waals surface area (Å²) < 4.78 is 6.02. The van der Waals surface area contributed by atoms with E-state index < -0.39 is 8.32 Å². The molecule has 0 radical (unpaired) electrons. The van der Waals surface area contributed by atoms with E-state index in [0.717, 1.165) is 6.61 Å². The first-order valence-corrected chi connectivity index (χ1v) is 8.73. The van der Waals surface area contributed by atoms with Crippen LogP contribution in [0.5, 0.6) is 0 Å². The quantitative estimate of drug-likeness (QED) is 0.696. The van der Waals surface area contributed by atoms with Crippen molar-refractivity contribution in [1.29, 1.82) is 0 Å². The molecule has 1 aromatic carbocycles. The molecule has 15 heavy (non-hydrogen) atoms. The average Bonchev–Trinajstić information content (AvgIpc) is 2.48. The Bertz CT molecular complexity index is 382. The Balaban J connectivity index is 2.54. The molecular weight excluding hydrogens is 200 g/mol. The van der Waals surface area contributed by atoms with Crippen LogP contribution >= 0.6 is 0 Å². The molecule has 0 fully saturated rings. The van der Waals surface area contributed by atoms with E-state index in [-0.39, 0.29) is 0 Å². The van der Waals surface area contributed by atoms with Crippen LogP contribution in [-0.4, -0.2) is 8.32 Å². The van der Waals surface area contributed by atoms with Crippen molar-refractivity contribution in [1.82, 2.24) is 0 Å². The lowest BCUT2D eigenvalue weighted by atomic mass is 10.0. The van der Waals surface area contributed by atoms with Crippen molar-refractivity contribution in [3.8, 4) is 0 Å². The van der Waals surface area contributed by atoms with Gasteiger partial charge in [-0.05, 0) is 48.3 Å². The van der Waals surface area contributed by atoms with Crippen molar-refractivity contribution >= 4 is 13.5 Å². The Kier molecular flexibility index (Phi) is 2.73. The summed E-state index contributed by atoms with van der Waals surface area (Å²) in [5.74, 6) is 0. The molecule has 0 N–H and O–H groups in total. The fraction of sp³-hybridized carbons (Fsp3) is 0.538. The van der Waals surface area contributed by atoms with Crippen molar-refractivity contribution < 1.29 is 4.43 Å². The van der Waals surface area contributed by atoms with Crippen LogP contribution in [0, 0.1) is 6.92 Å². The average molecular weight is 220 g/mol. The maximum absolute atomic E-state index is 6.02. The third-order valence-corrected chi connectivity index (χ3v) is 6.08. The summed E-state index contributed by atoms with van der Waals surface area (Å²) in [5, 5.41) is 1.56. The standard InChI is InChI=1S/C13H20OSi/c1-5-6-11-8-7-10(2)13-12(11)9-14-15(13,3)4/h7-8H,5-6,9H2,1-4H3. The van der Waals surface area contributed by atoms with Gasteiger partial charge in [-0.15, -0.1) is 0 Å². The molecule has 0 aliphatic carbocycles. The lowest BCUT2D eigenvalue weighted by molar-refractivity contribution is 0.319. The zero-order valence-electron chi connectivity index (χ0n) is 10.2. The minimum Gasteiger partial charge on any atom is -0.409 e. The van der Waals surface area contributed by atoms with E-state index in [1.54, 1.807) is 5.19 Å². The Hall–Kier alpha value is -0.603. The van der Waals surface area contributed by atoms with Gasteiger partial charge in [0.05, 0.1) is 6.61 Å². The Labute approximate surface area is 93.6 Å². The van der Waals surface area contributed by atoms with Gasteiger partial charge < -0.3 is 4.43 Å². The summed E-state index contributed by atoms with van der Waals surface area (Å²) in [6.07, 6.45) is 2.41. The summed E-state index contributed by atoms with van der Waals surface area (Å²) >= 11 is 0. The number of rotatable bonds is 2. The Morgan fingerprint density at radius 2 is 2.07 bits per heavy atom. The van der Waals surface area contributed by atoms with Gasteiger partial charge in [-0.2, -0.15) is 0 Å². The van der Waals surface area contributed by atoms with E-state index in [0.29, 0.717) is 0 Å². The fourth-order valence-corrected chi connectivity index (χ4v) is 5.28. The molecule has 1 nitrogen and oxygen atoms in total. The van der Waals surface area contributed by atoms with Crippen LogP contribution in [0.25, 0.3) is 0 Å². The third-order valence-electron chi connectivity index (χ3n) is 3.32. The van der Waals surface area contributed by atoms with Crippen molar-refractivity contribution in [3.05, 3.63) is 28.8 Å². The van der Waals surface area contributed by atoms with E-state index in [9.17, 15) is 0 Å². The van der Waals surface area contributed by atoms with Gasteiger partial charge in [-0.3, -0.25) is 0 Å². The van der Waals surface area contributed by atoms with Crippen LogP contribution in [0.1, 0.15) is 30.0 Å². The smallest absolute Gasteiger partial charge is 0.219 e. The van der Waals surface area contributed by atoms with Gasteiger partial charge in [0.1, 0.15) is 0 Å². The molecule has 0 unspecified atom stereocenters. The van der Waals surface area contributed by atoms with Crippen molar-refractivity contribution in [2.75, 3.05) is 0 Å². The third kappa shape index (κ3) is 1.77. The maximum atomic E-state index is 6.02. The SMILES string of the molecule is CCCc1ccc(C)c2c1CO[Si]2(C)C. The predicted molar refractivity (Wildman–Crippen MR) is 67.1 cm³/mol. The molecule has 1 aliphatic rings. The van der Waals surface area contributed by atoms with Crippen LogP contribution in [0.3, 0.4) is 0 Å². The Morgan fingerprint density at radius 3 is 2.73 bits per heavy atom. The predicted octanol–water partition coefficient (Wildman–Crippen LogP) is 2.89. The highest BCUT2D eigenvalue weighted by Crippen LogP contribution is 2.25. The van der Waals surface area contributed by atoms with Gasteiger partial charge in [0.25, 0.3) is 0 Å². The molecule has 0 amide bonds. The molecule has 0 spiro atoms. The molecule has 1 aliphatic heterocycles. The number of fused-ring (bicyclic) bond motifs is 1. The van der Waals surface area contributed by atoms with Crippen LogP contribution in [0.4, 0.5) is 0 Å². The summed E-state index contributed by atoms with van der Waals surface area (Å²) in [6, 6.07) is 4.56. The highest BCUT2D eigenvalue weighted by molar-refractivity contribution is 6.85. The summed E-state index contributed by atoms with van der Waals surface area (Å²) in [5.41, 5.74) is 4.45. The molecule has 0 bridgehead atoms. The second kappa shape index (κ2) is 3.76. The molecule has 0 saturated carbocycles. The Morgan fingerprint density at radius 1 is 1.33 bits per heavy atom. The molecule has 0 atom stereocenters. The zero-order chi connectivity index (χ0) is 11.1. The fourth-order valence-electron chi connectivity index (χ4n) is 2.64. The van der Waals surface area contributed by atoms with Crippen LogP contribution in [0.15, 0.2) is 12.1 Å². The van der Waals surface area contributed by atoms with Crippen LogP contribution < -0.4 is 5.19 Å². The van der Waals surface area contributed by atoms with Gasteiger partial charge in [0, 0.05) is 0 Å². The molecule has 1 aromatic rings. The van der Waals surface area contributed by atoms with E-state index in [1.807, 2.05) is 0 Å². The van der Waals surface area contributed by atoms with E-state index in [1.165, 1.54) is 29.5 Å². The summed E-state index contributed by atoms with van der Waals surface area (Å²) in [7, 11) is -1.57. The molecule has 2 rings (SSSR count). The van der Waals surface area contributed by atoms with Crippen molar-refractivity contribution in [2.45, 2.75) is 46.4 Å². The van der Waals surface area contributed by atoms with Gasteiger partial charge >= 0.3 is 0 Å². The van der Waals surface area contributed by atoms with Crippen LogP contribution in [-0.2, 0) is 17.5 Å². The second-order valence-electron chi connectivity index (χ2n) is 4.94. The first kappa shape index (κ1) is 10.9. The molecule has 0 aromatic heterocycles. The maximum Gasteiger partial charge on any atom is 0.219 e. The van der Waals surface area contributed by atoms with Gasteiger partial charge in [0.15, 0.2) is 0 Å². The van der Waals surface area contributed by atoms with Gasteiger partial charge in [-0.1, -0.05) is 25.5 Å². The molecular formula is C13H20OSi. The van der Waals surface area contributed by atoms with Crippen molar-refractivity contribution in [2.24, 2.45) is 0 Å². The van der Waals surface area contributed by atoms with Crippen LogP contribution in [0.2, 0.25) is 13.1 Å². The topological polar surface area (TPSA) is 9.23 Å². The highest BCUT2D eigenvalue weighted by atomic mass is 28.4.